The number of hydrogen-bond acceptors (Lipinski definition) is 6. The average Bonchev–Trinajstić information content (AvgIpc) is 3.22. The summed E-state index contributed by atoms with van der Waals surface area (Å²) in [5, 5.41) is 0. The van der Waals surface area contributed by atoms with Crippen LogP contribution in [-0.4, -0.2) is 37.2 Å². The van der Waals surface area contributed by atoms with Crippen molar-refractivity contribution in [1.82, 2.24) is 0 Å². The lowest BCUT2D eigenvalue weighted by Crippen LogP contribution is -2.30. The number of rotatable bonds is 43. The molecule has 6 nitrogen and oxygen atoms in total. The molecule has 0 spiro atoms. The van der Waals surface area contributed by atoms with Crippen molar-refractivity contribution in [2.24, 2.45) is 0 Å². The second kappa shape index (κ2) is 46.8. The van der Waals surface area contributed by atoms with Crippen molar-refractivity contribution >= 4 is 17.9 Å². The highest BCUT2D eigenvalue weighted by molar-refractivity contribution is 5.72. The van der Waals surface area contributed by atoms with Gasteiger partial charge in [0, 0.05) is 12.8 Å². The van der Waals surface area contributed by atoms with Gasteiger partial charge in [0.1, 0.15) is 13.2 Å². The number of carbonyl (C=O) groups excluding carboxylic acids is 3. The van der Waals surface area contributed by atoms with E-state index >= 15 is 0 Å². The van der Waals surface area contributed by atoms with Gasteiger partial charge in [-0.15, -0.1) is 0 Å². The van der Waals surface area contributed by atoms with E-state index in [2.05, 4.69) is 69.4 Å². The van der Waals surface area contributed by atoms with Crippen LogP contribution in [-0.2, 0) is 28.6 Å². The summed E-state index contributed by atoms with van der Waals surface area (Å²) < 4.78 is 16.6. The van der Waals surface area contributed by atoms with Crippen LogP contribution in [0.3, 0.4) is 0 Å². The maximum absolute atomic E-state index is 12.7. The standard InChI is InChI=1S/C52H90O6/c1-4-7-10-13-16-19-21-23-24-25-26-27-28-29-31-33-36-39-42-45-51(54)57-48-49(47-56-50(53)44-41-38-35-32-18-15-12-9-6-3)58-52(55)46-43-40-37-34-30-22-20-17-14-11-8-5-2/h9,12,17-18,20,25-26,32,38,41,49H,4-8,10-11,13-16,19,21-24,27-31,33-37,39-40,42-48H2,1-3H3/b12-9-,20-17-,26-25-,32-18-,41-38-. The van der Waals surface area contributed by atoms with Gasteiger partial charge in [-0.25, -0.2) is 0 Å². The van der Waals surface area contributed by atoms with E-state index in [1.165, 1.54) is 122 Å². The molecule has 0 aliphatic heterocycles. The molecule has 0 saturated heterocycles. The van der Waals surface area contributed by atoms with Crippen molar-refractivity contribution in [3.05, 3.63) is 60.8 Å². The zero-order valence-corrected chi connectivity index (χ0v) is 38.0. The minimum Gasteiger partial charge on any atom is -0.462 e. The molecule has 1 unspecified atom stereocenters. The minimum atomic E-state index is -0.812. The lowest BCUT2D eigenvalue weighted by molar-refractivity contribution is -0.166. The van der Waals surface area contributed by atoms with Gasteiger partial charge in [-0.2, -0.15) is 0 Å². The Morgan fingerprint density at radius 1 is 0.379 bits per heavy atom. The molecule has 0 aliphatic rings. The SMILES string of the molecule is CC/C=C\C/C=C\C/C=C\CC(=O)OCC(COC(=O)CCCCCCCCC/C=C\CCCCCCCCCC)OC(=O)CCCCCCC/C=C\CCCCC. The molecule has 0 amide bonds. The minimum absolute atomic E-state index is 0.107. The fourth-order valence-electron chi connectivity index (χ4n) is 6.61. The van der Waals surface area contributed by atoms with E-state index < -0.39 is 12.1 Å². The largest absolute Gasteiger partial charge is 0.462 e. The van der Waals surface area contributed by atoms with Crippen molar-refractivity contribution in [2.45, 2.75) is 239 Å². The third kappa shape index (κ3) is 44.2. The normalized spacial score (nSPS) is 12.5. The molecule has 0 bridgehead atoms. The smallest absolute Gasteiger partial charge is 0.309 e. The Bertz CT molecular complexity index is 1070. The van der Waals surface area contributed by atoms with Crippen molar-refractivity contribution in [2.75, 3.05) is 13.2 Å². The number of ether oxygens (including phenoxy) is 3. The lowest BCUT2D eigenvalue weighted by atomic mass is 10.1. The lowest BCUT2D eigenvalue weighted by Gasteiger charge is -2.18. The van der Waals surface area contributed by atoms with Gasteiger partial charge in [0.2, 0.25) is 0 Å². The Labute approximate surface area is 358 Å². The van der Waals surface area contributed by atoms with Gasteiger partial charge in [0.05, 0.1) is 6.42 Å². The molecule has 0 radical (unpaired) electrons. The number of hydrogen-bond donors (Lipinski definition) is 0. The van der Waals surface area contributed by atoms with Crippen LogP contribution in [0.4, 0.5) is 0 Å². The first-order valence-corrected chi connectivity index (χ1v) is 24.3. The topological polar surface area (TPSA) is 78.9 Å². The zero-order chi connectivity index (χ0) is 42.3. The quantitative estimate of drug-likeness (QED) is 0.0264. The third-order valence-corrected chi connectivity index (χ3v) is 10.3. The Balaban J connectivity index is 4.34. The predicted molar refractivity (Wildman–Crippen MR) is 247 cm³/mol. The summed E-state index contributed by atoms with van der Waals surface area (Å²) in [5.41, 5.74) is 0. The van der Waals surface area contributed by atoms with Crippen LogP contribution < -0.4 is 0 Å². The third-order valence-electron chi connectivity index (χ3n) is 10.3. The maximum Gasteiger partial charge on any atom is 0.309 e. The molecule has 0 aliphatic carbocycles. The van der Waals surface area contributed by atoms with Gasteiger partial charge in [-0.1, -0.05) is 191 Å². The van der Waals surface area contributed by atoms with Crippen molar-refractivity contribution in [1.29, 1.82) is 0 Å². The summed E-state index contributed by atoms with van der Waals surface area (Å²) in [4.78, 5) is 37.7. The number of carbonyl (C=O) groups is 3. The van der Waals surface area contributed by atoms with Crippen LogP contribution >= 0.6 is 0 Å². The molecule has 334 valence electrons. The predicted octanol–water partition coefficient (Wildman–Crippen LogP) is 15.7. The number of esters is 3. The first-order chi connectivity index (χ1) is 28.5. The van der Waals surface area contributed by atoms with Crippen LogP contribution in [0, 0.1) is 0 Å². The molecule has 0 aromatic rings. The highest BCUT2D eigenvalue weighted by atomic mass is 16.6. The van der Waals surface area contributed by atoms with E-state index in [0.717, 1.165) is 70.6 Å². The average molecular weight is 811 g/mol. The van der Waals surface area contributed by atoms with E-state index in [1.54, 1.807) is 6.08 Å². The maximum atomic E-state index is 12.7. The molecule has 6 heteroatoms. The molecule has 0 aromatic heterocycles. The van der Waals surface area contributed by atoms with Crippen LogP contribution in [0.25, 0.3) is 0 Å². The number of allylic oxidation sites excluding steroid dienone is 9. The van der Waals surface area contributed by atoms with Gasteiger partial charge >= 0.3 is 17.9 Å². The highest BCUT2D eigenvalue weighted by Gasteiger charge is 2.19. The molecule has 0 N–H and O–H groups in total. The van der Waals surface area contributed by atoms with E-state index in [-0.39, 0.29) is 31.6 Å². The summed E-state index contributed by atoms with van der Waals surface area (Å²) in [5.74, 6) is -1.05. The van der Waals surface area contributed by atoms with E-state index in [9.17, 15) is 14.4 Å². The number of unbranched alkanes of at least 4 members (excludes halogenated alkanes) is 23. The van der Waals surface area contributed by atoms with E-state index in [0.29, 0.717) is 12.8 Å². The highest BCUT2D eigenvalue weighted by Crippen LogP contribution is 2.14. The molecule has 0 aromatic carbocycles. The Morgan fingerprint density at radius 2 is 0.741 bits per heavy atom. The van der Waals surface area contributed by atoms with Crippen LogP contribution in [0.2, 0.25) is 0 Å². The molecule has 0 rings (SSSR count). The molecular weight excluding hydrogens is 721 g/mol. The summed E-state index contributed by atoms with van der Waals surface area (Å²) in [6, 6.07) is 0. The van der Waals surface area contributed by atoms with E-state index in [4.69, 9.17) is 14.2 Å². The second-order valence-corrected chi connectivity index (χ2v) is 16.0. The zero-order valence-electron chi connectivity index (χ0n) is 38.0. The van der Waals surface area contributed by atoms with Crippen LogP contribution in [0.15, 0.2) is 60.8 Å². The summed E-state index contributed by atoms with van der Waals surface area (Å²) in [7, 11) is 0. The molecule has 0 heterocycles. The van der Waals surface area contributed by atoms with Crippen molar-refractivity contribution in [3.8, 4) is 0 Å². The summed E-state index contributed by atoms with van der Waals surface area (Å²) in [6.07, 6.45) is 56.7. The second-order valence-electron chi connectivity index (χ2n) is 16.0. The molecule has 58 heavy (non-hydrogen) atoms. The Morgan fingerprint density at radius 3 is 1.22 bits per heavy atom. The first-order valence-electron chi connectivity index (χ1n) is 24.3. The molecule has 1 atom stereocenters. The van der Waals surface area contributed by atoms with Gasteiger partial charge in [0.25, 0.3) is 0 Å². The van der Waals surface area contributed by atoms with Crippen LogP contribution in [0.1, 0.15) is 233 Å². The molecule has 0 fully saturated rings. The van der Waals surface area contributed by atoms with Crippen molar-refractivity contribution in [3.63, 3.8) is 0 Å². The monoisotopic (exact) mass is 811 g/mol. The molecular formula is C52H90O6. The van der Waals surface area contributed by atoms with Gasteiger partial charge in [-0.3, -0.25) is 14.4 Å². The Hall–Kier alpha value is -2.89. The first kappa shape index (κ1) is 55.1. The van der Waals surface area contributed by atoms with Gasteiger partial charge in [0.15, 0.2) is 6.10 Å². The van der Waals surface area contributed by atoms with Gasteiger partial charge in [-0.05, 0) is 83.5 Å². The van der Waals surface area contributed by atoms with Gasteiger partial charge < -0.3 is 14.2 Å². The summed E-state index contributed by atoms with van der Waals surface area (Å²) >= 11 is 0. The Kier molecular flexibility index (Phi) is 44.5. The molecule has 0 saturated carbocycles. The fraction of sp³-hybridized carbons (Fsp3) is 0.750. The van der Waals surface area contributed by atoms with Crippen LogP contribution in [0.5, 0.6) is 0 Å². The van der Waals surface area contributed by atoms with E-state index in [1.807, 2.05) is 6.08 Å². The van der Waals surface area contributed by atoms with Crippen molar-refractivity contribution < 1.29 is 28.6 Å². The fourth-order valence-corrected chi connectivity index (χ4v) is 6.61. The summed E-state index contributed by atoms with van der Waals surface area (Å²) in [6.45, 7) is 6.38.